The average Bonchev–Trinajstić information content (AvgIpc) is 2.47. The van der Waals surface area contributed by atoms with Crippen molar-refractivity contribution < 1.29 is 17.9 Å². The highest BCUT2D eigenvalue weighted by Crippen LogP contribution is 2.35. The number of benzene rings is 2. The van der Waals surface area contributed by atoms with E-state index in [-0.39, 0.29) is 5.57 Å². The lowest BCUT2D eigenvalue weighted by Crippen LogP contribution is -2.25. The maximum absolute atomic E-state index is 12.9. The molecular formula is C16H11Cl2F3O. The molecule has 0 fully saturated rings. The van der Waals surface area contributed by atoms with Gasteiger partial charge in [-0.3, -0.25) is 0 Å². The first-order valence-corrected chi connectivity index (χ1v) is 7.08. The highest BCUT2D eigenvalue weighted by Gasteiger charge is 2.41. The van der Waals surface area contributed by atoms with Crippen molar-refractivity contribution in [2.45, 2.75) is 11.6 Å². The summed E-state index contributed by atoms with van der Waals surface area (Å²) in [6, 6.07) is 14.4. The Kier molecular flexibility index (Phi) is 5.37. The van der Waals surface area contributed by atoms with E-state index in [0.717, 1.165) is 6.26 Å². The third-order valence-electron chi connectivity index (χ3n) is 2.79. The zero-order valence-electron chi connectivity index (χ0n) is 11.1. The van der Waals surface area contributed by atoms with Crippen molar-refractivity contribution in [1.82, 2.24) is 0 Å². The molecule has 0 aliphatic rings. The molecule has 0 aromatic heterocycles. The quantitative estimate of drug-likeness (QED) is 0.492. The van der Waals surface area contributed by atoms with Gasteiger partial charge in [-0.25, -0.2) is 0 Å². The zero-order valence-corrected chi connectivity index (χ0v) is 12.7. The molecule has 0 radical (unpaired) electrons. The molecule has 2 aromatic carbocycles. The Morgan fingerprint density at radius 1 is 1.05 bits per heavy atom. The van der Waals surface area contributed by atoms with E-state index in [1.54, 1.807) is 36.4 Å². The molecule has 116 valence electrons. The lowest BCUT2D eigenvalue weighted by Gasteiger charge is -2.17. The van der Waals surface area contributed by atoms with Crippen molar-refractivity contribution in [3.8, 4) is 5.75 Å². The molecule has 0 bridgehead atoms. The van der Waals surface area contributed by atoms with Crippen LogP contribution in [-0.4, -0.2) is 11.6 Å². The van der Waals surface area contributed by atoms with E-state index in [4.69, 9.17) is 27.9 Å². The van der Waals surface area contributed by atoms with Gasteiger partial charge in [0, 0.05) is 10.6 Å². The number of hydrogen-bond donors (Lipinski definition) is 0. The highest BCUT2D eigenvalue weighted by molar-refractivity contribution is 6.30. The summed E-state index contributed by atoms with van der Waals surface area (Å²) >= 11 is 11.4. The van der Waals surface area contributed by atoms with E-state index in [1.165, 1.54) is 18.2 Å². The molecule has 0 unspecified atom stereocenters. The van der Waals surface area contributed by atoms with Gasteiger partial charge in [0.25, 0.3) is 0 Å². The SMILES string of the molecule is FC(F)(F)[C@@H](Cl)/C(=C/Oc1cccc(Cl)c1)c1ccccc1. The van der Waals surface area contributed by atoms with Crippen LogP contribution in [-0.2, 0) is 0 Å². The summed E-state index contributed by atoms with van der Waals surface area (Å²) in [4.78, 5) is 0. The molecule has 6 heteroatoms. The van der Waals surface area contributed by atoms with E-state index < -0.39 is 11.6 Å². The van der Waals surface area contributed by atoms with Gasteiger partial charge in [-0.2, -0.15) is 13.2 Å². The van der Waals surface area contributed by atoms with Crippen molar-refractivity contribution >= 4 is 28.8 Å². The molecule has 1 nitrogen and oxygen atoms in total. The fourth-order valence-electron chi connectivity index (χ4n) is 1.75. The second-order valence-corrected chi connectivity index (χ2v) is 5.29. The molecule has 0 saturated heterocycles. The summed E-state index contributed by atoms with van der Waals surface area (Å²) in [5, 5.41) is -1.75. The van der Waals surface area contributed by atoms with Crippen LogP contribution < -0.4 is 4.74 Å². The topological polar surface area (TPSA) is 9.23 Å². The van der Waals surface area contributed by atoms with Crippen LogP contribution in [0.1, 0.15) is 5.56 Å². The molecule has 0 heterocycles. The van der Waals surface area contributed by atoms with Gasteiger partial charge in [0.15, 0.2) is 5.38 Å². The predicted octanol–water partition coefficient (Wildman–Crippen LogP) is 5.93. The maximum atomic E-state index is 12.9. The lowest BCUT2D eigenvalue weighted by atomic mass is 10.0. The molecule has 0 N–H and O–H groups in total. The normalized spacial score (nSPS) is 13.8. The van der Waals surface area contributed by atoms with Gasteiger partial charge < -0.3 is 4.74 Å². The van der Waals surface area contributed by atoms with Gasteiger partial charge in [-0.05, 0) is 23.8 Å². The first kappa shape index (κ1) is 16.7. The molecule has 1 atom stereocenters. The number of alkyl halides is 4. The number of rotatable bonds is 4. The Labute approximate surface area is 135 Å². The smallest absolute Gasteiger partial charge is 0.409 e. The van der Waals surface area contributed by atoms with Crippen molar-refractivity contribution in [1.29, 1.82) is 0 Å². The van der Waals surface area contributed by atoms with Crippen LogP contribution in [0.25, 0.3) is 5.57 Å². The van der Waals surface area contributed by atoms with E-state index >= 15 is 0 Å². The first-order valence-electron chi connectivity index (χ1n) is 6.26. The van der Waals surface area contributed by atoms with Crippen molar-refractivity contribution in [3.05, 3.63) is 71.4 Å². The summed E-state index contributed by atoms with van der Waals surface area (Å²) in [7, 11) is 0. The molecule has 0 aliphatic heterocycles. The van der Waals surface area contributed by atoms with E-state index in [9.17, 15) is 13.2 Å². The van der Waals surface area contributed by atoms with Crippen LogP contribution >= 0.6 is 23.2 Å². The minimum atomic E-state index is -4.58. The molecule has 2 rings (SSSR count). The second kappa shape index (κ2) is 7.07. The van der Waals surface area contributed by atoms with E-state index in [0.29, 0.717) is 16.3 Å². The van der Waals surface area contributed by atoms with Gasteiger partial charge in [-0.1, -0.05) is 48.0 Å². The lowest BCUT2D eigenvalue weighted by molar-refractivity contribution is -0.119. The standard InChI is InChI=1S/C16H11Cl2F3O/c17-12-7-4-8-13(9-12)22-10-14(15(18)16(19,20)21)11-5-2-1-3-6-11/h1-10,15H/b14-10+/t15-/m0/s1. The number of hydrogen-bond acceptors (Lipinski definition) is 1. The van der Waals surface area contributed by atoms with Crippen LogP contribution in [0.5, 0.6) is 5.75 Å². The Morgan fingerprint density at radius 2 is 1.73 bits per heavy atom. The van der Waals surface area contributed by atoms with Crippen LogP contribution in [0, 0.1) is 0 Å². The summed E-state index contributed by atoms with van der Waals surface area (Å²) in [6.45, 7) is 0. The molecular weight excluding hydrogens is 336 g/mol. The van der Waals surface area contributed by atoms with Gasteiger partial charge in [0.05, 0.1) is 6.26 Å². The van der Waals surface area contributed by atoms with Crippen LogP contribution in [0.4, 0.5) is 13.2 Å². The minimum absolute atomic E-state index is 0.172. The third kappa shape index (κ3) is 4.42. The van der Waals surface area contributed by atoms with Crippen LogP contribution in [0.3, 0.4) is 0 Å². The van der Waals surface area contributed by atoms with Gasteiger partial charge in [-0.15, -0.1) is 11.6 Å². The molecule has 22 heavy (non-hydrogen) atoms. The summed E-state index contributed by atoms with van der Waals surface area (Å²) < 4.78 is 44.1. The number of halogens is 5. The summed E-state index contributed by atoms with van der Waals surface area (Å²) in [6.07, 6.45) is -3.58. The Hall–Kier alpha value is -1.65. The van der Waals surface area contributed by atoms with Crippen LogP contribution in [0.2, 0.25) is 5.02 Å². The number of ether oxygens (including phenoxy) is 1. The average molecular weight is 347 g/mol. The fourth-order valence-corrected chi connectivity index (χ4v) is 2.11. The second-order valence-electron chi connectivity index (χ2n) is 4.42. The van der Waals surface area contributed by atoms with Crippen molar-refractivity contribution in [2.24, 2.45) is 0 Å². The number of allylic oxidation sites excluding steroid dienone is 1. The summed E-state index contributed by atoms with van der Waals surface area (Å²) in [5.74, 6) is 0.326. The fraction of sp³-hybridized carbons (Fsp3) is 0.125. The predicted molar refractivity (Wildman–Crippen MR) is 82.2 cm³/mol. The molecule has 0 amide bonds. The molecule has 0 saturated carbocycles. The van der Waals surface area contributed by atoms with E-state index in [2.05, 4.69) is 0 Å². The summed E-state index contributed by atoms with van der Waals surface area (Å²) in [5.41, 5.74) is 0.164. The van der Waals surface area contributed by atoms with Gasteiger partial charge in [0.1, 0.15) is 5.75 Å². The Balaban J connectivity index is 2.34. The zero-order chi connectivity index (χ0) is 16.2. The van der Waals surface area contributed by atoms with Crippen molar-refractivity contribution in [2.75, 3.05) is 0 Å². The molecule has 0 aliphatic carbocycles. The Bertz CT molecular complexity index is 654. The molecule has 2 aromatic rings. The first-order chi connectivity index (χ1) is 10.4. The monoisotopic (exact) mass is 346 g/mol. The largest absolute Gasteiger partial charge is 0.465 e. The Morgan fingerprint density at radius 3 is 2.32 bits per heavy atom. The minimum Gasteiger partial charge on any atom is -0.465 e. The van der Waals surface area contributed by atoms with Gasteiger partial charge >= 0.3 is 6.18 Å². The van der Waals surface area contributed by atoms with Crippen LogP contribution in [0.15, 0.2) is 60.9 Å². The van der Waals surface area contributed by atoms with Crippen molar-refractivity contribution in [3.63, 3.8) is 0 Å². The highest BCUT2D eigenvalue weighted by atomic mass is 35.5. The third-order valence-corrected chi connectivity index (χ3v) is 3.50. The molecule has 0 spiro atoms. The van der Waals surface area contributed by atoms with E-state index in [1.807, 2.05) is 0 Å². The van der Waals surface area contributed by atoms with Gasteiger partial charge in [0.2, 0.25) is 0 Å². The maximum Gasteiger partial charge on any atom is 0.409 e.